The van der Waals surface area contributed by atoms with E-state index in [0.717, 1.165) is 4.31 Å². The minimum atomic E-state index is -4.25. The van der Waals surface area contributed by atoms with Gasteiger partial charge in [-0.1, -0.05) is 59.6 Å². The van der Waals surface area contributed by atoms with Crippen molar-refractivity contribution >= 4 is 50.7 Å². The van der Waals surface area contributed by atoms with E-state index in [9.17, 15) is 18.0 Å². The first-order valence-corrected chi connectivity index (χ1v) is 14.0. The van der Waals surface area contributed by atoms with Crippen molar-refractivity contribution < 1.29 is 22.7 Å². The highest BCUT2D eigenvalue weighted by Gasteiger charge is 2.34. The van der Waals surface area contributed by atoms with Gasteiger partial charge in [-0.2, -0.15) is 0 Å². The summed E-state index contributed by atoms with van der Waals surface area (Å²) in [6, 6.07) is 18.2. The molecular weight excluding hydrogens is 549 g/mol. The molecule has 8 nitrogen and oxygen atoms in total. The SMILES string of the molecule is CCNC(=O)C(C)N(Cc1ccccc1Cl)C(=O)CN(c1cc(Cl)ccc1OC)S(=O)(=O)c1ccccc1. The average Bonchev–Trinajstić information content (AvgIpc) is 2.91. The zero-order valence-corrected chi connectivity index (χ0v) is 23.6. The van der Waals surface area contributed by atoms with E-state index >= 15 is 0 Å². The van der Waals surface area contributed by atoms with Crippen molar-refractivity contribution in [1.29, 1.82) is 0 Å². The fraction of sp³-hybridized carbons (Fsp3) is 0.259. The molecule has 0 saturated heterocycles. The van der Waals surface area contributed by atoms with Crippen LogP contribution in [0.1, 0.15) is 19.4 Å². The molecule has 0 bridgehead atoms. The number of carbonyl (C=O) groups is 2. The fourth-order valence-electron chi connectivity index (χ4n) is 3.81. The number of halogens is 2. The lowest BCUT2D eigenvalue weighted by atomic mass is 10.1. The van der Waals surface area contributed by atoms with E-state index in [4.69, 9.17) is 27.9 Å². The molecule has 0 fully saturated rings. The van der Waals surface area contributed by atoms with E-state index in [2.05, 4.69) is 5.32 Å². The summed E-state index contributed by atoms with van der Waals surface area (Å²) in [7, 11) is -2.86. The fourth-order valence-corrected chi connectivity index (χ4v) is 5.61. The Hall–Kier alpha value is -3.27. The molecule has 0 spiro atoms. The van der Waals surface area contributed by atoms with Gasteiger partial charge in [-0.3, -0.25) is 13.9 Å². The van der Waals surface area contributed by atoms with Gasteiger partial charge in [0.1, 0.15) is 18.3 Å². The quantitative estimate of drug-likeness (QED) is 0.354. The average molecular weight is 579 g/mol. The second-order valence-electron chi connectivity index (χ2n) is 8.32. The summed E-state index contributed by atoms with van der Waals surface area (Å²) in [4.78, 5) is 27.9. The Morgan fingerprint density at radius 2 is 1.66 bits per heavy atom. The van der Waals surface area contributed by atoms with Crippen molar-refractivity contribution in [3.63, 3.8) is 0 Å². The standard InChI is InChI=1S/C27H29Cl2N3O5S/c1-4-30-27(34)19(2)31(17-20-10-8-9-13-23(20)29)26(33)18-32(24-16-21(28)14-15-25(24)37-3)38(35,36)22-11-6-5-7-12-22/h5-16,19H,4,17-18H2,1-3H3,(H,30,34). The smallest absolute Gasteiger partial charge is 0.264 e. The molecule has 3 aromatic carbocycles. The van der Waals surface area contributed by atoms with Crippen LogP contribution in [0.5, 0.6) is 5.75 Å². The van der Waals surface area contributed by atoms with Crippen molar-refractivity contribution in [2.45, 2.75) is 31.3 Å². The molecular formula is C27H29Cl2N3O5S. The molecule has 0 aliphatic heterocycles. The van der Waals surface area contributed by atoms with Crippen molar-refractivity contribution in [3.05, 3.63) is 88.4 Å². The molecule has 0 aliphatic carbocycles. The third kappa shape index (κ3) is 6.78. The maximum absolute atomic E-state index is 13.9. The van der Waals surface area contributed by atoms with Crippen LogP contribution in [0.4, 0.5) is 5.69 Å². The topological polar surface area (TPSA) is 96.0 Å². The molecule has 3 rings (SSSR count). The predicted octanol–water partition coefficient (Wildman–Crippen LogP) is 4.75. The van der Waals surface area contributed by atoms with E-state index in [1.165, 1.54) is 36.3 Å². The molecule has 1 N–H and O–H groups in total. The Kier molecular flexibility index (Phi) is 10.0. The predicted molar refractivity (Wildman–Crippen MR) is 149 cm³/mol. The lowest BCUT2D eigenvalue weighted by Crippen LogP contribution is -2.51. The number of amides is 2. The van der Waals surface area contributed by atoms with Gasteiger partial charge in [0, 0.05) is 23.1 Å². The van der Waals surface area contributed by atoms with Gasteiger partial charge in [-0.25, -0.2) is 8.42 Å². The lowest BCUT2D eigenvalue weighted by molar-refractivity contribution is -0.139. The molecule has 11 heteroatoms. The van der Waals surface area contributed by atoms with Crippen LogP contribution in [0, 0.1) is 0 Å². The molecule has 38 heavy (non-hydrogen) atoms. The number of likely N-dealkylation sites (N-methyl/N-ethyl adjacent to an activating group) is 1. The van der Waals surface area contributed by atoms with E-state index in [1.54, 1.807) is 62.4 Å². The van der Waals surface area contributed by atoms with Crippen LogP contribution in [0.3, 0.4) is 0 Å². The van der Waals surface area contributed by atoms with E-state index in [-0.39, 0.29) is 33.8 Å². The molecule has 1 unspecified atom stereocenters. The molecule has 0 radical (unpaired) electrons. The van der Waals surface area contributed by atoms with Gasteiger partial charge < -0.3 is 15.0 Å². The summed E-state index contributed by atoms with van der Waals surface area (Å²) < 4.78 is 34.0. The number of hydrogen-bond donors (Lipinski definition) is 1. The van der Waals surface area contributed by atoms with Gasteiger partial charge in [0.2, 0.25) is 11.8 Å². The highest BCUT2D eigenvalue weighted by molar-refractivity contribution is 7.92. The summed E-state index contributed by atoms with van der Waals surface area (Å²) in [6.45, 7) is 3.08. The molecule has 2 amide bonds. The zero-order valence-electron chi connectivity index (χ0n) is 21.2. The van der Waals surface area contributed by atoms with Gasteiger partial charge in [0.15, 0.2) is 0 Å². The van der Waals surface area contributed by atoms with Crippen LogP contribution < -0.4 is 14.4 Å². The molecule has 0 aromatic heterocycles. The minimum absolute atomic E-state index is 0.0112. The summed E-state index contributed by atoms with van der Waals surface area (Å²) in [5, 5.41) is 3.38. The number of benzene rings is 3. The van der Waals surface area contributed by atoms with Crippen molar-refractivity contribution in [1.82, 2.24) is 10.2 Å². The van der Waals surface area contributed by atoms with Gasteiger partial charge in [-0.05, 0) is 55.8 Å². The Morgan fingerprint density at radius 3 is 2.29 bits per heavy atom. The molecule has 1 atom stereocenters. The largest absolute Gasteiger partial charge is 0.495 e. The summed E-state index contributed by atoms with van der Waals surface area (Å²) in [6.07, 6.45) is 0. The number of nitrogens with one attached hydrogen (secondary N) is 1. The van der Waals surface area contributed by atoms with Crippen LogP contribution in [-0.2, 0) is 26.2 Å². The third-order valence-corrected chi connectivity index (χ3v) is 8.21. The number of sulfonamides is 1. The van der Waals surface area contributed by atoms with Gasteiger partial charge in [-0.15, -0.1) is 0 Å². The van der Waals surface area contributed by atoms with Crippen LogP contribution in [-0.4, -0.2) is 51.4 Å². The first kappa shape index (κ1) is 29.3. The monoisotopic (exact) mass is 577 g/mol. The van der Waals surface area contributed by atoms with Crippen LogP contribution >= 0.6 is 23.2 Å². The van der Waals surface area contributed by atoms with Gasteiger partial charge in [0.05, 0.1) is 17.7 Å². The number of carbonyl (C=O) groups excluding carboxylic acids is 2. The number of rotatable bonds is 11. The first-order valence-electron chi connectivity index (χ1n) is 11.8. The van der Waals surface area contributed by atoms with Crippen molar-refractivity contribution in [3.8, 4) is 5.75 Å². The molecule has 0 heterocycles. The van der Waals surface area contributed by atoms with Gasteiger partial charge >= 0.3 is 0 Å². The first-order chi connectivity index (χ1) is 18.1. The normalized spacial score (nSPS) is 11.9. The third-order valence-electron chi connectivity index (χ3n) is 5.84. The maximum atomic E-state index is 13.9. The Balaban J connectivity index is 2.10. The number of ether oxygens (including phenoxy) is 1. The summed E-state index contributed by atoms with van der Waals surface area (Å²) >= 11 is 12.6. The van der Waals surface area contributed by atoms with E-state index < -0.39 is 28.5 Å². The number of nitrogens with zero attached hydrogens (tertiary/aromatic N) is 2. The Morgan fingerprint density at radius 1 is 1.00 bits per heavy atom. The Bertz CT molecular complexity index is 1390. The summed E-state index contributed by atoms with van der Waals surface area (Å²) in [5.74, 6) is -0.799. The number of hydrogen-bond acceptors (Lipinski definition) is 5. The second kappa shape index (κ2) is 13.0. The summed E-state index contributed by atoms with van der Waals surface area (Å²) in [5.41, 5.74) is 0.692. The van der Waals surface area contributed by atoms with Crippen LogP contribution in [0.15, 0.2) is 77.7 Å². The number of methoxy groups -OCH3 is 1. The number of anilines is 1. The van der Waals surface area contributed by atoms with Crippen molar-refractivity contribution in [2.75, 3.05) is 24.5 Å². The molecule has 3 aromatic rings. The maximum Gasteiger partial charge on any atom is 0.264 e. The van der Waals surface area contributed by atoms with Crippen LogP contribution in [0.2, 0.25) is 10.0 Å². The molecule has 0 aliphatic rings. The lowest BCUT2D eigenvalue weighted by Gasteiger charge is -2.32. The molecule has 0 saturated carbocycles. The minimum Gasteiger partial charge on any atom is -0.495 e. The van der Waals surface area contributed by atoms with Gasteiger partial charge in [0.25, 0.3) is 10.0 Å². The Labute approximate surface area is 233 Å². The van der Waals surface area contributed by atoms with Crippen LogP contribution in [0.25, 0.3) is 0 Å². The van der Waals surface area contributed by atoms with Crippen molar-refractivity contribution in [2.24, 2.45) is 0 Å². The highest BCUT2D eigenvalue weighted by atomic mass is 35.5. The van der Waals surface area contributed by atoms with E-state index in [1.807, 2.05) is 0 Å². The second-order valence-corrected chi connectivity index (χ2v) is 11.0. The molecule has 202 valence electrons. The zero-order chi connectivity index (χ0) is 27.9. The highest BCUT2D eigenvalue weighted by Crippen LogP contribution is 2.35. The van der Waals surface area contributed by atoms with E-state index in [0.29, 0.717) is 17.1 Å².